The summed E-state index contributed by atoms with van der Waals surface area (Å²) in [6, 6.07) is 8.22. The van der Waals surface area contributed by atoms with Crippen LogP contribution in [0.1, 0.15) is 11.1 Å². The van der Waals surface area contributed by atoms with E-state index >= 15 is 0 Å². The Balaban J connectivity index is 1.36. The molecule has 0 unspecified atom stereocenters. The normalized spacial score (nSPS) is 16.7. The first-order chi connectivity index (χ1) is 15.5. The van der Waals surface area contributed by atoms with Crippen molar-refractivity contribution in [2.75, 3.05) is 55.7 Å². The monoisotopic (exact) mass is 450 g/mol. The molecule has 5 rings (SSSR count). The van der Waals surface area contributed by atoms with Crippen LogP contribution in [0.25, 0.3) is 11.3 Å². The molecule has 1 fully saturated rings. The summed E-state index contributed by atoms with van der Waals surface area (Å²) in [5, 5.41) is 5.33. The van der Waals surface area contributed by atoms with E-state index in [1.807, 2.05) is 16.3 Å². The van der Waals surface area contributed by atoms with E-state index in [-0.39, 0.29) is 12.0 Å². The second-order valence-electron chi connectivity index (χ2n) is 8.18. The van der Waals surface area contributed by atoms with Crippen LogP contribution in [-0.2, 0) is 13.0 Å². The maximum Gasteiger partial charge on any atom is 0.323 e. The highest BCUT2D eigenvalue weighted by molar-refractivity contribution is 7.13. The maximum atomic E-state index is 12.7. The number of nitrogens with two attached hydrogens (primary N) is 1. The lowest BCUT2D eigenvalue weighted by atomic mass is 9.96. The van der Waals surface area contributed by atoms with Crippen molar-refractivity contribution in [1.29, 1.82) is 0 Å². The van der Waals surface area contributed by atoms with E-state index in [1.54, 1.807) is 6.20 Å². The molecule has 10 heteroatoms. The zero-order valence-electron chi connectivity index (χ0n) is 18.0. The number of urea groups is 1. The first-order valence-electron chi connectivity index (χ1n) is 10.7. The molecule has 9 nitrogen and oxygen atoms in total. The predicted octanol–water partition coefficient (Wildman–Crippen LogP) is 2.52. The van der Waals surface area contributed by atoms with Gasteiger partial charge in [0, 0.05) is 62.5 Å². The number of carbonyl (C=O) groups is 1. The molecule has 3 aromatic rings. The van der Waals surface area contributed by atoms with Crippen molar-refractivity contribution in [3.05, 3.63) is 47.0 Å². The van der Waals surface area contributed by atoms with Crippen LogP contribution in [0.5, 0.6) is 0 Å². The molecule has 0 bridgehead atoms. The molecular weight excluding hydrogens is 424 g/mol. The number of nitrogen functional groups attached to an aromatic ring is 1. The van der Waals surface area contributed by atoms with E-state index < -0.39 is 0 Å². The van der Waals surface area contributed by atoms with Crippen molar-refractivity contribution in [3.8, 4) is 11.3 Å². The van der Waals surface area contributed by atoms with Gasteiger partial charge in [-0.25, -0.2) is 14.8 Å². The minimum atomic E-state index is -0.125. The Morgan fingerprint density at radius 2 is 1.94 bits per heavy atom. The highest BCUT2D eigenvalue weighted by atomic mass is 32.1. The fraction of sp³-hybridized carbons (Fsp3) is 0.364. The summed E-state index contributed by atoms with van der Waals surface area (Å²) in [5.74, 6) is 1.14. The minimum absolute atomic E-state index is 0.125. The van der Waals surface area contributed by atoms with Gasteiger partial charge in [0.05, 0.1) is 5.69 Å². The van der Waals surface area contributed by atoms with Crippen LogP contribution in [0, 0.1) is 0 Å². The molecule has 0 saturated carbocycles. The summed E-state index contributed by atoms with van der Waals surface area (Å²) in [6.45, 7) is 5.05. The van der Waals surface area contributed by atoms with E-state index in [4.69, 9.17) is 5.73 Å². The number of piperazine rings is 1. The van der Waals surface area contributed by atoms with Gasteiger partial charge in [0.2, 0.25) is 5.95 Å². The number of amides is 2. The molecule has 3 N–H and O–H groups in total. The van der Waals surface area contributed by atoms with E-state index in [2.05, 4.69) is 55.3 Å². The number of thiazole rings is 1. The van der Waals surface area contributed by atoms with Crippen molar-refractivity contribution in [2.24, 2.45) is 0 Å². The quantitative estimate of drug-likeness (QED) is 0.632. The van der Waals surface area contributed by atoms with Crippen LogP contribution in [0.15, 0.2) is 35.8 Å². The second-order valence-corrected chi connectivity index (χ2v) is 9.08. The number of nitrogens with one attached hydrogen (secondary N) is 1. The van der Waals surface area contributed by atoms with Gasteiger partial charge in [-0.05, 0) is 30.7 Å². The fourth-order valence-corrected chi connectivity index (χ4v) is 4.66. The highest BCUT2D eigenvalue weighted by Gasteiger charge is 2.22. The molecule has 0 radical (unpaired) electrons. The molecule has 0 spiro atoms. The van der Waals surface area contributed by atoms with Crippen molar-refractivity contribution >= 4 is 34.3 Å². The molecule has 4 heterocycles. The lowest BCUT2D eigenvalue weighted by Gasteiger charge is -2.33. The molecule has 166 valence electrons. The average Bonchev–Trinajstić information content (AvgIpc) is 3.31. The number of hydrogen-bond donors (Lipinski definition) is 2. The topological polar surface area (TPSA) is 104 Å². The van der Waals surface area contributed by atoms with Crippen molar-refractivity contribution in [2.45, 2.75) is 13.0 Å². The lowest BCUT2D eigenvalue weighted by Crippen LogP contribution is -2.44. The van der Waals surface area contributed by atoms with Gasteiger partial charge < -0.3 is 20.4 Å². The van der Waals surface area contributed by atoms with Crippen LogP contribution in [0.4, 0.5) is 21.7 Å². The summed E-state index contributed by atoms with van der Waals surface area (Å²) in [4.78, 5) is 32.1. The summed E-state index contributed by atoms with van der Waals surface area (Å²) < 4.78 is 0. The summed E-state index contributed by atoms with van der Waals surface area (Å²) in [5.41, 5.74) is 10.2. The van der Waals surface area contributed by atoms with E-state index in [0.717, 1.165) is 55.2 Å². The molecule has 0 atom stereocenters. The number of aromatic nitrogens is 3. The fourth-order valence-electron chi connectivity index (χ4n) is 4.14. The number of nitrogens with zero attached hydrogens (tertiary/aromatic N) is 6. The van der Waals surface area contributed by atoms with Gasteiger partial charge >= 0.3 is 6.03 Å². The van der Waals surface area contributed by atoms with Gasteiger partial charge in [-0.15, -0.1) is 11.3 Å². The number of carbonyl (C=O) groups excluding carboxylic acids is 1. The van der Waals surface area contributed by atoms with Gasteiger partial charge in [-0.1, -0.05) is 12.1 Å². The van der Waals surface area contributed by atoms with Crippen molar-refractivity contribution in [3.63, 3.8) is 0 Å². The Bertz CT molecular complexity index is 1110. The predicted molar refractivity (Wildman–Crippen MR) is 127 cm³/mol. The van der Waals surface area contributed by atoms with Gasteiger partial charge in [0.25, 0.3) is 0 Å². The molecule has 1 saturated heterocycles. The minimum Gasteiger partial charge on any atom is -0.368 e. The molecule has 2 aliphatic heterocycles. The standard InChI is InChI=1S/C22H26N8OS/c1-28-7-9-29(10-8-28)19-13-18(25-20(23)26-19)16-3-2-15-4-6-30(14-17(15)12-16)22(31)27-21-24-5-11-32-21/h2-3,5,11-13H,4,6-10,14H2,1H3,(H2,23,25,26)(H,24,27,31). The Morgan fingerprint density at radius 3 is 2.72 bits per heavy atom. The number of rotatable bonds is 3. The van der Waals surface area contributed by atoms with E-state index in [0.29, 0.717) is 18.2 Å². The Kier molecular flexibility index (Phi) is 5.62. The van der Waals surface area contributed by atoms with Crippen LogP contribution in [-0.4, -0.2) is 70.6 Å². The first-order valence-corrected chi connectivity index (χ1v) is 11.6. The smallest absolute Gasteiger partial charge is 0.323 e. The molecule has 1 aromatic carbocycles. The van der Waals surface area contributed by atoms with Crippen LogP contribution < -0.4 is 16.0 Å². The van der Waals surface area contributed by atoms with Gasteiger partial charge in [-0.3, -0.25) is 5.32 Å². The third-order valence-electron chi connectivity index (χ3n) is 6.00. The zero-order valence-corrected chi connectivity index (χ0v) is 18.8. The highest BCUT2D eigenvalue weighted by Crippen LogP contribution is 2.28. The molecule has 2 aliphatic rings. The van der Waals surface area contributed by atoms with E-state index in [9.17, 15) is 4.79 Å². The molecule has 0 aliphatic carbocycles. The third kappa shape index (κ3) is 4.37. The SMILES string of the molecule is CN1CCN(c2cc(-c3ccc4c(c3)CN(C(=O)Nc3nccs3)CC4)nc(N)n2)CC1. The van der Waals surface area contributed by atoms with Crippen molar-refractivity contribution in [1.82, 2.24) is 24.8 Å². The number of fused-ring (bicyclic) bond motifs is 1. The number of likely N-dealkylation sites (N-methyl/N-ethyl adjacent to an activating group) is 1. The maximum absolute atomic E-state index is 12.7. The summed E-state index contributed by atoms with van der Waals surface area (Å²) in [6.07, 6.45) is 2.50. The van der Waals surface area contributed by atoms with Gasteiger partial charge in [-0.2, -0.15) is 4.98 Å². The van der Waals surface area contributed by atoms with Crippen molar-refractivity contribution < 1.29 is 4.79 Å². The largest absolute Gasteiger partial charge is 0.368 e. The Hall–Kier alpha value is -3.24. The Morgan fingerprint density at radius 1 is 1.09 bits per heavy atom. The van der Waals surface area contributed by atoms with Gasteiger partial charge in [0.15, 0.2) is 5.13 Å². The summed E-state index contributed by atoms with van der Waals surface area (Å²) in [7, 11) is 2.13. The lowest BCUT2D eigenvalue weighted by molar-refractivity contribution is 0.206. The van der Waals surface area contributed by atoms with Crippen LogP contribution in [0.3, 0.4) is 0 Å². The van der Waals surface area contributed by atoms with Gasteiger partial charge in [0.1, 0.15) is 5.82 Å². The zero-order chi connectivity index (χ0) is 22.1. The second kappa shape index (κ2) is 8.71. The van der Waals surface area contributed by atoms with E-state index in [1.165, 1.54) is 16.9 Å². The third-order valence-corrected chi connectivity index (χ3v) is 6.69. The first kappa shape index (κ1) is 20.7. The number of hydrogen-bond acceptors (Lipinski definition) is 8. The molecule has 32 heavy (non-hydrogen) atoms. The average molecular weight is 451 g/mol. The van der Waals surface area contributed by atoms with Crippen LogP contribution in [0.2, 0.25) is 0 Å². The summed E-state index contributed by atoms with van der Waals surface area (Å²) >= 11 is 1.41. The number of anilines is 3. The molecule has 2 amide bonds. The molecule has 2 aromatic heterocycles. The van der Waals surface area contributed by atoms with Crippen LogP contribution >= 0.6 is 11.3 Å². The molecular formula is C22H26N8OS. The Labute approximate surface area is 190 Å². The number of benzene rings is 1.